The molecule has 0 spiro atoms. The maximum absolute atomic E-state index is 13.1. The highest BCUT2D eigenvalue weighted by molar-refractivity contribution is 6.22. The Hall–Kier alpha value is -2.93. The lowest BCUT2D eigenvalue weighted by molar-refractivity contribution is -0.123. The third-order valence-corrected chi connectivity index (χ3v) is 6.21. The molecule has 0 aliphatic carbocycles. The molecule has 1 aromatic carbocycles. The Morgan fingerprint density at radius 3 is 2.44 bits per heavy atom. The van der Waals surface area contributed by atoms with Crippen LogP contribution in [0.25, 0.3) is 0 Å². The maximum atomic E-state index is 13.1. The minimum atomic E-state index is -0.386. The van der Waals surface area contributed by atoms with Crippen molar-refractivity contribution in [3.05, 3.63) is 48.7 Å². The Bertz CT molecular complexity index is 895. The van der Waals surface area contributed by atoms with Gasteiger partial charge < -0.3 is 9.64 Å². The Morgan fingerprint density at radius 1 is 0.969 bits per heavy atom. The molecule has 7 nitrogen and oxygen atoms in total. The van der Waals surface area contributed by atoms with Gasteiger partial charge in [-0.3, -0.25) is 14.5 Å². The van der Waals surface area contributed by atoms with E-state index in [1.807, 2.05) is 30.3 Å². The van der Waals surface area contributed by atoms with Gasteiger partial charge in [0.25, 0.3) is 5.91 Å². The Kier molecular flexibility index (Phi) is 7.37. The fourth-order valence-corrected chi connectivity index (χ4v) is 4.39. The van der Waals surface area contributed by atoms with E-state index < -0.39 is 0 Å². The van der Waals surface area contributed by atoms with Crippen molar-refractivity contribution in [1.82, 2.24) is 9.88 Å². The second kappa shape index (κ2) is 10.6. The maximum Gasteiger partial charge on any atom is 0.251 e. The quantitative estimate of drug-likeness (QED) is 0.443. The smallest absolute Gasteiger partial charge is 0.251 e. The molecule has 0 N–H and O–H groups in total. The first kappa shape index (κ1) is 22.3. The van der Waals surface area contributed by atoms with Gasteiger partial charge in [0, 0.05) is 32.4 Å². The molecule has 4 rings (SSSR count). The number of aromatic nitrogens is 1. The number of hydrogen-bond acceptors (Lipinski definition) is 6. The van der Waals surface area contributed by atoms with E-state index in [2.05, 4.69) is 21.7 Å². The van der Waals surface area contributed by atoms with Crippen LogP contribution in [-0.4, -0.2) is 60.5 Å². The summed E-state index contributed by atoms with van der Waals surface area (Å²) in [5, 5.41) is 0. The number of benzene rings is 1. The van der Waals surface area contributed by atoms with E-state index in [9.17, 15) is 9.59 Å². The standard InChI is InChI=1S/C25H32N4O3/c1-2-3-4-7-18-32-21-11-9-20(10-12-21)29-24(30)19-22(25(29)31)27-14-16-28(17-15-27)23-8-5-6-13-26-23/h5-6,8-13,22H,2-4,7,14-19H2,1H3/t22-/m0/s1. The lowest BCUT2D eigenvalue weighted by Gasteiger charge is -2.37. The van der Waals surface area contributed by atoms with Crippen LogP contribution in [0.1, 0.15) is 39.0 Å². The van der Waals surface area contributed by atoms with Gasteiger partial charge in [-0.2, -0.15) is 0 Å². The predicted molar refractivity (Wildman–Crippen MR) is 125 cm³/mol. The second-order valence-corrected chi connectivity index (χ2v) is 8.40. The minimum Gasteiger partial charge on any atom is -0.494 e. The zero-order chi connectivity index (χ0) is 22.3. The zero-order valence-electron chi connectivity index (χ0n) is 18.8. The first-order chi connectivity index (χ1) is 15.7. The molecule has 1 atom stereocenters. The molecule has 1 aromatic heterocycles. The summed E-state index contributed by atoms with van der Waals surface area (Å²) >= 11 is 0. The highest BCUT2D eigenvalue weighted by Gasteiger charge is 2.43. The van der Waals surface area contributed by atoms with E-state index in [0.29, 0.717) is 12.3 Å². The molecule has 3 heterocycles. The van der Waals surface area contributed by atoms with Gasteiger partial charge in [-0.1, -0.05) is 32.3 Å². The zero-order valence-corrected chi connectivity index (χ0v) is 18.8. The number of imide groups is 1. The van der Waals surface area contributed by atoms with Crippen LogP contribution in [0.15, 0.2) is 48.7 Å². The van der Waals surface area contributed by atoms with Crippen molar-refractivity contribution in [1.29, 1.82) is 0 Å². The van der Waals surface area contributed by atoms with Crippen molar-refractivity contribution in [3.8, 4) is 5.75 Å². The van der Waals surface area contributed by atoms with Gasteiger partial charge in [0.05, 0.1) is 24.8 Å². The average molecular weight is 437 g/mol. The largest absolute Gasteiger partial charge is 0.494 e. The van der Waals surface area contributed by atoms with Gasteiger partial charge in [-0.15, -0.1) is 0 Å². The number of rotatable bonds is 9. The van der Waals surface area contributed by atoms with Gasteiger partial charge >= 0.3 is 0 Å². The Balaban J connectivity index is 1.32. The normalized spacial score (nSPS) is 19.6. The number of carbonyl (C=O) groups excluding carboxylic acids is 2. The van der Waals surface area contributed by atoms with Gasteiger partial charge in [-0.25, -0.2) is 9.88 Å². The first-order valence-electron chi connectivity index (χ1n) is 11.7. The molecule has 32 heavy (non-hydrogen) atoms. The number of hydrogen-bond donors (Lipinski definition) is 0. The fraction of sp³-hybridized carbons (Fsp3) is 0.480. The van der Waals surface area contributed by atoms with Crippen molar-refractivity contribution >= 4 is 23.3 Å². The average Bonchev–Trinajstić information content (AvgIpc) is 3.14. The van der Waals surface area contributed by atoms with E-state index in [1.54, 1.807) is 18.3 Å². The highest BCUT2D eigenvalue weighted by atomic mass is 16.5. The molecule has 0 saturated carbocycles. The molecule has 0 bridgehead atoms. The van der Waals surface area contributed by atoms with Crippen LogP contribution in [-0.2, 0) is 9.59 Å². The van der Waals surface area contributed by atoms with Crippen LogP contribution in [0.5, 0.6) is 5.75 Å². The van der Waals surface area contributed by atoms with Crippen molar-refractivity contribution in [2.75, 3.05) is 42.6 Å². The molecule has 7 heteroatoms. The van der Waals surface area contributed by atoms with E-state index in [1.165, 1.54) is 24.2 Å². The molecule has 2 amide bonds. The monoisotopic (exact) mass is 436 g/mol. The predicted octanol–water partition coefficient (Wildman–Crippen LogP) is 3.49. The first-order valence-corrected chi connectivity index (χ1v) is 11.7. The molecule has 2 aliphatic heterocycles. The number of ether oxygens (including phenoxy) is 1. The summed E-state index contributed by atoms with van der Waals surface area (Å²) in [6.45, 7) is 5.93. The molecular formula is C25H32N4O3. The van der Waals surface area contributed by atoms with Gasteiger partial charge in [-0.05, 0) is 42.8 Å². The topological polar surface area (TPSA) is 66.0 Å². The number of unbranched alkanes of at least 4 members (excludes halogenated alkanes) is 3. The second-order valence-electron chi connectivity index (χ2n) is 8.40. The molecule has 2 aliphatic rings. The molecule has 2 aromatic rings. The van der Waals surface area contributed by atoms with E-state index >= 15 is 0 Å². The van der Waals surface area contributed by atoms with Crippen molar-refractivity contribution in [2.24, 2.45) is 0 Å². The summed E-state index contributed by atoms with van der Waals surface area (Å²) < 4.78 is 5.78. The third-order valence-electron chi connectivity index (χ3n) is 6.21. The molecule has 2 fully saturated rings. The van der Waals surface area contributed by atoms with Crippen molar-refractivity contribution < 1.29 is 14.3 Å². The third kappa shape index (κ3) is 5.10. The summed E-state index contributed by atoms with van der Waals surface area (Å²) in [4.78, 5) is 35.9. The van der Waals surface area contributed by atoms with Crippen LogP contribution in [0.3, 0.4) is 0 Å². The van der Waals surface area contributed by atoms with Gasteiger partial charge in [0.1, 0.15) is 11.6 Å². The number of nitrogens with zero attached hydrogens (tertiary/aromatic N) is 4. The Labute approximate surface area is 190 Å². The van der Waals surface area contributed by atoms with E-state index in [-0.39, 0.29) is 24.3 Å². The molecule has 0 unspecified atom stereocenters. The lowest BCUT2D eigenvalue weighted by atomic mass is 10.1. The van der Waals surface area contributed by atoms with Crippen LogP contribution in [0, 0.1) is 0 Å². The summed E-state index contributed by atoms with van der Waals surface area (Å²) in [5.41, 5.74) is 0.618. The van der Waals surface area contributed by atoms with E-state index in [4.69, 9.17) is 4.74 Å². The van der Waals surface area contributed by atoms with E-state index in [0.717, 1.165) is 44.2 Å². The fourth-order valence-electron chi connectivity index (χ4n) is 4.39. The minimum absolute atomic E-state index is 0.130. The number of anilines is 2. The van der Waals surface area contributed by atoms with Crippen molar-refractivity contribution in [2.45, 2.75) is 45.1 Å². The molecule has 2 saturated heterocycles. The SMILES string of the molecule is CCCCCCOc1ccc(N2C(=O)C[C@H](N3CCN(c4ccccn4)CC3)C2=O)cc1. The number of amides is 2. The van der Waals surface area contributed by atoms with Crippen LogP contribution >= 0.6 is 0 Å². The van der Waals surface area contributed by atoms with Gasteiger partial charge in [0.2, 0.25) is 5.91 Å². The summed E-state index contributed by atoms with van der Waals surface area (Å²) in [5.74, 6) is 1.46. The van der Waals surface area contributed by atoms with Crippen LogP contribution in [0.2, 0.25) is 0 Å². The van der Waals surface area contributed by atoms with Crippen LogP contribution in [0.4, 0.5) is 11.5 Å². The summed E-state index contributed by atoms with van der Waals surface area (Å²) in [6, 6.07) is 12.8. The number of carbonyl (C=O) groups is 2. The number of piperazine rings is 1. The van der Waals surface area contributed by atoms with Crippen molar-refractivity contribution in [3.63, 3.8) is 0 Å². The lowest BCUT2D eigenvalue weighted by Crippen LogP contribution is -2.52. The number of pyridine rings is 1. The Morgan fingerprint density at radius 2 is 1.75 bits per heavy atom. The summed E-state index contributed by atoms with van der Waals surface area (Å²) in [6.07, 6.45) is 6.66. The summed E-state index contributed by atoms with van der Waals surface area (Å²) in [7, 11) is 0. The van der Waals surface area contributed by atoms with Gasteiger partial charge in [0.15, 0.2) is 0 Å². The molecule has 170 valence electrons. The molecular weight excluding hydrogens is 404 g/mol. The molecule has 0 radical (unpaired) electrons. The van der Waals surface area contributed by atoms with Crippen LogP contribution < -0.4 is 14.5 Å². The highest BCUT2D eigenvalue weighted by Crippen LogP contribution is 2.28.